The van der Waals surface area contributed by atoms with Gasteiger partial charge >= 0.3 is 0 Å². The highest BCUT2D eigenvalue weighted by atomic mass is 16.5. The minimum atomic E-state index is -0.0476. The van der Waals surface area contributed by atoms with Gasteiger partial charge in [0.15, 0.2) is 0 Å². The van der Waals surface area contributed by atoms with Crippen LogP contribution in [-0.2, 0) is 14.2 Å². The third-order valence-electron chi connectivity index (χ3n) is 34.9. The largest absolute Gasteiger partial charge is 0.393 e. The second-order valence-corrected chi connectivity index (χ2v) is 56.9. The average molecular weight is 2040 g/mol. The number of hydrogen-bond donors (Lipinski definition) is 2. The van der Waals surface area contributed by atoms with Crippen molar-refractivity contribution in [2.45, 2.75) is 461 Å². The normalized spacial score (nSPS) is 26.3. The number of piperazine rings is 5. The molecule has 0 saturated carbocycles. The topological polar surface area (TPSA) is 125 Å². The molecule has 15 aliphatic heterocycles. The van der Waals surface area contributed by atoms with Gasteiger partial charge in [-0.05, 0) is 367 Å². The summed E-state index contributed by atoms with van der Waals surface area (Å²) in [5, 5.41) is 12.7. The fourth-order valence-corrected chi connectivity index (χ4v) is 24.0. The third-order valence-corrected chi connectivity index (χ3v) is 34.9. The highest BCUT2D eigenvalue weighted by Gasteiger charge is 2.40. The SMILES string of the molecule is CC(C)(C)N1CCC(N2CCNCC2)CC1.CC(C)(C)N1CCC(N2CCOCC2)CC1.CC(C)(C)N1CCC(O)CC1.CC(C)(C)N1CCOCC1.CC(C)N1CCN(C(C)(C)C)CC1.CC(C)N1CCN(C2CCN(C(C)(C)C)CC2)CC1.CC1CN(C2CCN(C(C)(C)C)CC2)CC(C)O1.CN(C)C1CCN(C(C)(C)C)CC1.CN1CCN(C(C)(C)C)CC1.CN1CCN(C2CCN(C(C)(C)C)CC2)CC1. The fraction of sp³-hybridized carbons (Fsp3) is 1.00. The van der Waals surface area contributed by atoms with Crippen LogP contribution in [0.2, 0.25) is 0 Å². The zero-order valence-corrected chi connectivity index (χ0v) is 103. The highest BCUT2D eigenvalue weighted by Crippen LogP contribution is 2.33. The number of aliphatic hydroxyl groups excluding tert-OH is 1. The van der Waals surface area contributed by atoms with Crippen LogP contribution in [0, 0.1) is 0 Å². The highest BCUT2D eigenvalue weighted by molar-refractivity contribution is 4.96. The fourth-order valence-electron chi connectivity index (χ4n) is 24.0. The van der Waals surface area contributed by atoms with Crippen LogP contribution in [0.3, 0.4) is 0 Å². The molecule has 25 heteroatoms. The first-order valence-corrected chi connectivity index (χ1v) is 59.7. The van der Waals surface area contributed by atoms with Crippen molar-refractivity contribution in [1.29, 1.82) is 0 Å². The summed E-state index contributed by atoms with van der Waals surface area (Å²) in [6, 6.07) is 6.35. The second-order valence-electron chi connectivity index (χ2n) is 56.9. The lowest BCUT2D eigenvalue weighted by Gasteiger charge is -2.46. The van der Waals surface area contributed by atoms with Crippen LogP contribution in [0.15, 0.2) is 0 Å². The van der Waals surface area contributed by atoms with E-state index in [0.717, 1.165) is 128 Å². The Hall–Kier alpha value is -1.00. The van der Waals surface area contributed by atoms with Gasteiger partial charge in [-0.15, -0.1) is 0 Å². The molecule has 25 nitrogen and oxygen atoms in total. The zero-order chi connectivity index (χ0) is 108. The van der Waals surface area contributed by atoms with Crippen LogP contribution in [-0.4, -0.2) is 542 Å². The van der Waals surface area contributed by atoms with Crippen molar-refractivity contribution in [3.63, 3.8) is 0 Å². The number of likely N-dealkylation sites (tertiary alicyclic amines) is 7. The van der Waals surface area contributed by atoms with E-state index in [1.54, 1.807) is 0 Å². The molecule has 2 unspecified atom stereocenters. The Labute approximate surface area is 895 Å². The first-order chi connectivity index (χ1) is 66.8. The molecule has 0 radical (unpaired) electrons. The maximum atomic E-state index is 9.27. The summed E-state index contributed by atoms with van der Waals surface area (Å²) in [5.41, 5.74) is 3.40. The Bertz CT molecular complexity index is 3110. The maximum Gasteiger partial charge on any atom is 0.0678 e. The molecule has 15 saturated heterocycles. The van der Waals surface area contributed by atoms with E-state index in [-0.39, 0.29) is 11.6 Å². The quantitative estimate of drug-likeness (QED) is 0.239. The van der Waals surface area contributed by atoms with Crippen molar-refractivity contribution in [3.05, 3.63) is 0 Å². The van der Waals surface area contributed by atoms with Crippen LogP contribution < -0.4 is 5.32 Å². The minimum Gasteiger partial charge on any atom is -0.393 e. The van der Waals surface area contributed by atoms with E-state index in [1.807, 2.05) is 0 Å². The second kappa shape index (κ2) is 61.6. The van der Waals surface area contributed by atoms with Gasteiger partial charge < -0.3 is 39.3 Å². The van der Waals surface area contributed by atoms with Gasteiger partial charge in [-0.25, -0.2) is 0 Å². The summed E-state index contributed by atoms with van der Waals surface area (Å²) in [6.45, 7) is 135. The molecule has 144 heavy (non-hydrogen) atoms. The summed E-state index contributed by atoms with van der Waals surface area (Å²) in [4.78, 5) is 51.6. The average Bonchev–Trinajstić information content (AvgIpc) is 0.831. The van der Waals surface area contributed by atoms with Gasteiger partial charge in [0, 0.05) is 366 Å². The van der Waals surface area contributed by atoms with Crippen LogP contribution in [0.5, 0.6) is 0 Å². The number of ether oxygens (including phenoxy) is 3. The van der Waals surface area contributed by atoms with Crippen LogP contribution in [0.1, 0.15) is 339 Å². The molecule has 0 amide bonds. The molecule has 854 valence electrons. The molecule has 15 aliphatic rings. The van der Waals surface area contributed by atoms with Crippen molar-refractivity contribution in [3.8, 4) is 0 Å². The molecule has 0 aromatic carbocycles. The number of likely N-dealkylation sites (N-methyl/N-ethyl adjacent to an activating group) is 2. The van der Waals surface area contributed by atoms with E-state index in [4.69, 9.17) is 14.2 Å². The van der Waals surface area contributed by atoms with E-state index < -0.39 is 0 Å². The molecule has 0 bridgehead atoms. The standard InChI is InChI=1S/C16H33N3.C15H30N2O.C14H29N3.C13H27N3.C13H26N2O.2C11H24N2.C9H20N2.C9H19NO.C8H17NO/c1-14(2)17-10-12-18(13-11-17)15-6-8-19(9-7-15)16(3,4)5;1-12-10-16(11-13(2)18-12)14-6-8-17(9-7-14)15(3,4)5;1-14(2,3)17-7-5-13(6-8-17)16-11-9-15(4)10-12-16;1-13(2,3)16-8-4-12(5-9-16)15-10-6-14-7-11-15;1-13(2,3)15-6-4-12(5-7-15)14-8-10-16-11-9-14;1-11(2,3)13-8-6-10(7-9-13)12(4)5;1-10(2)12-6-8-13(9-7-12)11(3,4)5;1-9(2,3)11-7-5-10(4)6-8-11;1-9(2,3)10-6-4-8(11)5-7-10;1-8(2,3)9-4-6-10-7-5-9/h14-15H,6-13H2,1-5H3;12-14H,6-11H2,1-5H3;13H,5-12H2,1-4H3;12,14H,4-11H2,1-3H3;12H,4-11H2,1-3H3;2*10H,6-9H2,1-5H3;5-8H2,1-4H3;8,11H,4-7H2,1-3H3;4-7H2,1-3H3. The van der Waals surface area contributed by atoms with Gasteiger partial charge in [0.2, 0.25) is 0 Å². The molecule has 15 heterocycles. The summed E-state index contributed by atoms with van der Waals surface area (Å²) >= 11 is 0. The van der Waals surface area contributed by atoms with E-state index in [9.17, 15) is 5.11 Å². The van der Waals surface area contributed by atoms with Crippen molar-refractivity contribution in [2.75, 3.05) is 316 Å². The maximum absolute atomic E-state index is 9.27. The lowest BCUT2D eigenvalue weighted by molar-refractivity contribution is -0.0886. The number of morpholine rings is 3. The number of hydrogen-bond acceptors (Lipinski definition) is 25. The van der Waals surface area contributed by atoms with Crippen LogP contribution >= 0.6 is 0 Å². The predicted molar refractivity (Wildman–Crippen MR) is 621 cm³/mol. The molecule has 2 atom stereocenters. The van der Waals surface area contributed by atoms with Crippen molar-refractivity contribution >= 4 is 0 Å². The molecule has 0 spiro atoms. The molecule has 0 aromatic heterocycles. The monoisotopic (exact) mass is 2040 g/mol. The first-order valence-electron chi connectivity index (χ1n) is 59.7. The third kappa shape index (κ3) is 49.2. The molecule has 15 rings (SSSR count). The number of piperidine rings is 7. The van der Waals surface area contributed by atoms with Gasteiger partial charge in [-0.1, -0.05) is 0 Å². The predicted octanol–water partition coefficient (Wildman–Crippen LogP) is 15.9. The van der Waals surface area contributed by atoms with Crippen molar-refractivity contribution < 1.29 is 19.3 Å². The Balaban J connectivity index is 0.000000246. The molecule has 15 fully saturated rings. The Morgan fingerprint density at radius 1 is 0.243 bits per heavy atom. The number of aliphatic hydroxyl groups is 1. The summed E-state index contributed by atoms with van der Waals surface area (Å²) in [6.07, 6.45) is 18.7. The Morgan fingerprint density at radius 2 is 0.444 bits per heavy atom. The summed E-state index contributed by atoms with van der Waals surface area (Å²) < 4.78 is 16.5. The Kier molecular flexibility index (Phi) is 56.4. The van der Waals surface area contributed by atoms with Crippen molar-refractivity contribution in [1.82, 2.24) is 103 Å². The van der Waals surface area contributed by atoms with Gasteiger partial charge in [0.1, 0.15) is 0 Å². The number of nitrogens with zero attached hydrogens (tertiary/aromatic N) is 20. The molecule has 0 aromatic rings. The van der Waals surface area contributed by atoms with E-state index in [0.29, 0.717) is 74.1 Å². The van der Waals surface area contributed by atoms with Crippen molar-refractivity contribution in [2.24, 2.45) is 0 Å². The number of nitrogens with one attached hydrogen (secondary N) is 1. The summed E-state index contributed by atoms with van der Waals surface area (Å²) in [7, 11) is 8.81. The van der Waals surface area contributed by atoms with E-state index in [1.165, 1.54) is 286 Å². The smallest absolute Gasteiger partial charge is 0.0678 e. The summed E-state index contributed by atoms with van der Waals surface area (Å²) in [5.74, 6) is 0. The molecular formula is C119H249N21O4. The van der Waals surface area contributed by atoms with E-state index in [2.05, 4.69) is 381 Å². The lowest BCUT2D eigenvalue weighted by Crippen LogP contribution is -2.56. The molecule has 2 N–H and O–H groups in total. The van der Waals surface area contributed by atoms with Gasteiger partial charge in [0.05, 0.1) is 44.7 Å². The van der Waals surface area contributed by atoms with E-state index >= 15 is 0 Å². The Morgan fingerprint density at radius 3 is 0.701 bits per heavy atom. The minimum absolute atomic E-state index is 0.0476. The molecule has 0 aliphatic carbocycles. The van der Waals surface area contributed by atoms with Gasteiger partial charge in [-0.3, -0.25) is 83.3 Å². The van der Waals surface area contributed by atoms with Crippen LogP contribution in [0.25, 0.3) is 0 Å². The number of rotatable bonds is 8. The lowest BCUT2D eigenvalue weighted by atomic mass is 9.96. The first kappa shape index (κ1) is 132. The van der Waals surface area contributed by atoms with Gasteiger partial charge in [-0.2, -0.15) is 0 Å². The van der Waals surface area contributed by atoms with Gasteiger partial charge in [0.25, 0.3) is 0 Å². The zero-order valence-electron chi connectivity index (χ0n) is 103. The van der Waals surface area contributed by atoms with Crippen LogP contribution in [0.4, 0.5) is 0 Å². The molecular weight excluding hydrogens is 1790 g/mol.